The minimum absolute atomic E-state index is 0.159. The zero-order chi connectivity index (χ0) is 16.0. The number of rotatable bonds is 7. The lowest BCUT2D eigenvalue weighted by molar-refractivity contribution is 0.0506. The molecular formula is C13H17F2NO4S. The summed E-state index contributed by atoms with van der Waals surface area (Å²) in [6.07, 6.45) is -2.77. The number of carbonyl (C=O) groups excluding carboxylic acids is 1. The van der Waals surface area contributed by atoms with Crippen molar-refractivity contribution in [2.24, 2.45) is 0 Å². The second kappa shape index (κ2) is 7.46. The van der Waals surface area contributed by atoms with Gasteiger partial charge >= 0.3 is 0 Å². The number of hydrogen-bond donors (Lipinski definition) is 1. The largest absolute Gasteiger partial charge is 0.395 e. The molecule has 0 bridgehead atoms. The smallest absolute Gasteiger partial charge is 0.255 e. The molecule has 1 aromatic rings. The molecule has 118 valence electrons. The van der Waals surface area contributed by atoms with Gasteiger partial charge in [-0.15, -0.1) is 0 Å². The molecule has 5 nitrogen and oxygen atoms in total. The van der Waals surface area contributed by atoms with Crippen LogP contribution in [0.2, 0.25) is 0 Å². The second-order valence-corrected chi connectivity index (χ2v) is 6.51. The van der Waals surface area contributed by atoms with E-state index < -0.39 is 35.3 Å². The van der Waals surface area contributed by atoms with Crippen LogP contribution in [0.4, 0.5) is 8.78 Å². The van der Waals surface area contributed by atoms with Crippen molar-refractivity contribution in [3.63, 3.8) is 0 Å². The molecule has 0 fully saturated rings. The second-order valence-electron chi connectivity index (χ2n) is 4.27. The van der Waals surface area contributed by atoms with Crippen LogP contribution in [0.5, 0.6) is 0 Å². The topological polar surface area (TPSA) is 74.7 Å². The van der Waals surface area contributed by atoms with Crippen LogP contribution in [0.25, 0.3) is 0 Å². The van der Waals surface area contributed by atoms with E-state index in [2.05, 4.69) is 0 Å². The summed E-state index contributed by atoms with van der Waals surface area (Å²) >= 11 is 0. The van der Waals surface area contributed by atoms with Gasteiger partial charge in [0.05, 0.1) is 29.4 Å². The van der Waals surface area contributed by atoms with E-state index in [-0.39, 0.29) is 22.8 Å². The molecule has 1 N–H and O–H groups in total. The third-order valence-corrected chi connectivity index (χ3v) is 4.63. The summed E-state index contributed by atoms with van der Waals surface area (Å²) in [5.41, 5.74) is -0.159. The first-order chi connectivity index (χ1) is 9.83. The molecule has 0 aliphatic rings. The molecule has 0 radical (unpaired) electrons. The van der Waals surface area contributed by atoms with Gasteiger partial charge in [-0.25, -0.2) is 17.2 Å². The number of benzene rings is 1. The average molecular weight is 321 g/mol. The highest BCUT2D eigenvalue weighted by molar-refractivity contribution is 7.91. The van der Waals surface area contributed by atoms with Crippen molar-refractivity contribution in [1.29, 1.82) is 0 Å². The Kier molecular flexibility index (Phi) is 6.22. The summed E-state index contributed by atoms with van der Waals surface area (Å²) in [6.45, 7) is -0.202. The first kappa shape index (κ1) is 17.5. The van der Waals surface area contributed by atoms with Crippen LogP contribution >= 0.6 is 0 Å². The van der Waals surface area contributed by atoms with Gasteiger partial charge in [0.15, 0.2) is 9.84 Å². The highest BCUT2D eigenvalue weighted by Crippen LogP contribution is 2.19. The summed E-state index contributed by atoms with van der Waals surface area (Å²) in [5, 5.41) is 8.86. The van der Waals surface area contributed by atoms with Gasteiger partial charge in [-0.05, 0) is 12.1 Å². The van der Waals surface area contributed by atoms with Crippen LogP contribution < -0.4 is 0 Å². The van der Waals surface area contributed by atoms with Crippen molar-refractivity contribution in [2.45, 2.75) is 18.2 Å². The minimum atomic E-state index is -3.65. The van der Waals surface area contributed by atoms with Crippen molar-refractivity contribution in [3.8, 4) is 0 Å². The maximum Gasteiger partial charge on any atom is 0.255 e. The van der Waals surface area contributed by atoms with Crippen LogP contribution in [-0.4, -0.2) is 56.2 Å². The quantitative estimate of drug-likeness (QED) is 0.818. The van der Waals surface area contributed by atoms with Crippen LogP contribution in [0, 0.1) is 0 Å². The van der Waals surface area contributed by atoms with Gasteiger partial charge in [-0.1, -0.05) is 19.1 Å². The van der Waals surface area contributed by atoms with Crippen molar-refractivity contribution >= 4 is 15.7 Å². The summed E-state index contributed by atoms with van der Waals surface area (Å²) in [5.74, 6) is -1.04. The molecule has 0 aliphatic carbocycles. The van der Waals surface area contributed by atoms with Crippen LogP contribution in [0.15, 0.2) is 29.2 Å². The molecule has 0 aliphatic heterocycles. The van der Waals surface area contributed by atoms with E-state index in [0.717, 1.165) is 4.90 Å². The van der Waals surface area contributed by atoms with E-state index in [9.17, 15) is 22.0 Å². The van der Waals surface area contributed by atoms with E-state index in [1.165, 1.54) is 31.2 Å². The zero-order valence-electron chi connectivity index (χ0n) is 11.5. The number of alkyl halides is 2. The summed E-state index contributed by atoms with van der Waals surface area (Å²) in [7, 11) is -3.65. The molecular weight excluding hydrogens is 304 g/mol. The Labute approximate surface area is 122 Å². The lowest BCUT2D eigenvalue weighted by Crippen LogP contribution is -2.38. The molecule has 0 saturated heterocycles. The monoisotopic (exact) mass is 321 g/mol. The van der Waals surface area contributed by atoms with Crippen molar-refractivity contribution in [3.05, 3.63) is 29.8 Å². The van der Waals surface area contributed by atoms with Gasteiger partial charge in [0, 0.05) is 6.54 Å². The van der Waals surface area contributed by atoms with Gasteiger partial charge in [0.2, 0.25) is 0 Å². The van der Waals surface area contributed by atoms with E-state index in [0.29, 0.717) is 0 Å². The van der Waals surface area contributed by atoms with E-state index in [4.69, 9.17) is 5.11 Å². The van der Waals surface area contributed by atoms with Crippen LogP contribution in [0.1, 0.15) is 17.3 Å². The molecule has 1 rings (SSSR count). The molecule has 0 spiro atoms. The van der Waals surface area contributed by atoms with Gasteiger partial charge in [0.25, 0.3) is 12.3 Å². The maximum atomic E-state index is 12.5. The summed E-state index contributed by atoms with van der Waals surface area (Å²) in [6, 6.07) is 5.47. The highest BCUT2D eigenvalue weighted by Gasteiger charge is 2.25. The Morgan fingerprint density at radius 1 is 1.33 bits per heavy atom. The summed E-state index contributed by atoms with van der Waals surface area (Å²) < 4.78 is 48.9. The van der Waals surface area contributed by atoms with Crippen molar-refractivity contribution in [2.75, 3.05) is 25.4 Å². The molecule has 0 aromatic heterocycles. The number of amides is 1. The standard InChI is InChI=1S/C13H17F2NO4S/c1-2-21(19,20)11-6-4-3-5-10(11)13(18)16(7-8-17)9-12(14)15/h3-6,12,17H,2,7-9H2,1H3. The zero-order valence-corrected chi connectivity index (χ0v) is 12.3. The molecule has 21 heavy (non-hydrogen) atoms. The number of sulfone groups is 1. The van der Waals surface area contributed by atoms with Crippen LogP contribution in [-0.2, 0) is 9.84 Å². The maximum absolute atomic E-state index is 12.5. The van der Waals surface area contributed by atoms with Crippen LogP contribution in [0.3, 0.4) is 0 Å². The van der Waals surface area contributed by atoms with E-state index >= 15 is 0 Å². The number of hydrogen-bond acceptors (Lipinski definition) is 4. The predicted molar refractivity (Wildman–Crippen MR) is 73.2 cm³/mol. The first-order valence-electron chi connectivity index (χ1n) is 6.33. The number of nitrogens with zero attached hydrogens (tertiary/aromatic N) is 1. The molecule has 8 heteroatoms. The van der Waals surface area contributed by atoms with E-state index in [1.807, 2.05) is 0 Å². The molecule has 0 unspecified atom stereocenters. The summed E-state index contributed by atoms with van der Waals surface area (Å²) in [4.78, 5) is 12.8. The number of halogens is 2. The number of aliphatic hydroxyl groups excluding tert-OH is 1. The fraction of sp³-hybridized carbons (Fsp3) is 0.462. The third kappa shape index (κ3) is 4.47. The molecule has 0 saturated carbocycles. The average Bonchev–Trinajstić information content (AvgIpc) is 2.45. The third-order valence-electron chi connectivity index (χ3n) is 2.85. The fourth-order valence-electron chi connectivity index (χ4n) is 1.80. The molecule has 1 amide bonds. The molecule has 1 aromatic carbocycles. The highest BCUT2D eigenvalue weighted by atomic mass is 32.2. The SMILES string of the molecule is CCS(=O)(=O)c1ccccc1C(=O)N(CCO)CC(F)F. The van der Waals surface area contributed by atoms with Crippen molar-refractivity contribution < 1.29 is 27.1 Å². The first-order valence-corrected chi connectivity index (χ1v) is 7.98. The normalized spacial score (nSPS) is 11.7. The van der Waals surface area contributed by atoms with Crippen molar-refractivity contribution in [1.82, 2.24) is 4.90 Å². The molecule has 0 heterocycles. The number of carbonyl (C=O) groups is 1. The number of aliphatic hydroxyl groups is 1. The van der Waals surface area contributed by atoms with Gasteiger partial charge < -0.3 is 10.0 Å². The van der Waals surface area contributed by atoms with Gasteiger partial charge in [0.1, 0.15) is 0 Å². The predicted octanol–water partition coefficient (Wildman–Crippen LogP) is 1.18. The van der Waals surface area contributed by atoms with Gasteiger partial charge in [-0.2, -0.15) is 0 Å². The van der Waals surface area contributed by atoms with Gasteiger partial charge in [-0.3, -0.25) is 4.79 Å². The Balaban J connectivity index is 3.22. The Morgan fingerprint density at radius 2 is 1.95 bits per heavy atom. The molecule has 0 atom stereocenters. The Hall–Kier alpha value is -1.54. The Bertz CT molecular complexity index is 590. The lowest BCUT2D eigenvalue weighted by atomic mass is 10.2. The fourth-order valence-corrected chi connectivity index (χ4v) is 2.89. The Morgan fingerprint density at radius 3 is 2.48 bits per heavy atom. The lowest BCUT2D eigenvalue weighted by Gasteiger charge is -2.22. The van der Waals surface area contributed by atoms with E-state index in [1.54, 1.807) is 0 Å². The minimum Gasteiger partial charge on any atom is -0.395 e.